The molecule has 0 saturated heterocycles. The summed E-state index contributed by atoms with van der Waals surface area (Å²) >= 11 is 1.26. The molecule has 2 saturated carbocycles. The third kappa shape index (κ3) is 5.15. The van der Waals surface area contributed by atoms with Crippen molar-refractivity contribution in [3.63, 3.8) is 0 Å². The second kappa shape index (κ2) is 9.64. The van der Waals surface area contributed by atoms with Gasteiger partial charge in [0.25, 0.3) is 5.91 Å². The number of amides is 1. The van der Waals surface area contributed by atoms with E-state index in [1.165, 1.54) is 30.6 Å². The topological polar surface area (TPSA) is 81.7 Å². The van der Waals surface area contributed by atoms with Crippen LogP contribution in [0.1, 0.15) is 48.7 Å². The number of hydrogen-bond donors (Lipinski definition) is 1. The van der Waals surface area contributed by atoms with Gasteiger partial charge >= 0.3 is 11.9 Å². The Labute approximate surface area is 185 Å². The summed E-state index contributed by atoms with van der Waals surface area (Å²) in [6.07, 6.45) is 5.22. The lowest BCUT2D eigenvalue weighted by Crippen LogP contribution is -2.23. The molecule has 1 N–H and O–H groups in total. The normalized spacial score (nSPS) is 21.6. The summed E-state index contributed by atoms with van der Waals surface area (Å²) < 4.78 is 10.4. The average Bonchev–Trinajstić information content (AvgIpc) is 3.49. The number of nitrogens with one attached hydrogen (secondary N) is 1. The van der Waals surface area contributed by atoms with E-state index >= 15 is 0 Å². The summed E-state index contributed by atoms with van der Waals surface area (Å²) in [6.45, 7) is 1.61. The zero-order chi connectivity index (χ0) is 21.8. The number of anilines is 1. The largest absolute Gasteiger partial charge is 0.462 e. The summed E-state index contributed by atoms with van der Waals surface area (Å²) in [5, 5.41) is 2.71. The molecule has 7 heteroatoms. The Balaban J connectivity index is 1.36. The molecule has 0 spiro atoms. The van der Waals surface area contributed by atoms with E-state index in [0.29, 0.717) is 28.8 Å². The van der Waals surface area contributed by atoms with E-state index in [-0.39, 0.29) is 19.2 Å². The van der Waals surface area contributed by atoms with E-state index in [1.807, 2.05) is 30.3 Å². The van der Waals surface area contributed by atoms with Crippen LogP contribution in [0.5, 0.6) is 0 Å². The average molecular weight is 442 g/mol. The molecule has 1 aromatic carbocycles. The van der Waals surface area contributed by atoms with Crippen molar-refractivity contribution in [1.29, 1.82) is 0 Å². The summed E-state index contributed by atoms with van der Waals surface area (Å²) in [5.74, 6) is 0.525. The van der Waals surface area contributed by atoms with Crippen molar-refractivity contribution in [2.45, 2.75) is 39.0 Å². The molecule has 1 amide bonds. The quantitative estimate of drug-likeness (QED) is 0.589. The summed E-state index contributed by atoms with van der Waals surface area (Å²) in [7, 11) is 0. The number of rotatable bonds is 8. The standard InChI is InChI=1S/C24H27NO5S/c1-2-29-24(28)23-19(13-20(31-23)16-6-4-3-5-7-16)25-21(26)14-30-22(27)12-18-11-15-8-9-17(18)10-15/h3-7,13,15,17-18H,2,8-12,14H2,1H3,(H,25,26)/t15-,17+,18+/m1/s1. The van der Waals surface area contributed by atoms with Crippen molar-refractivity contribution in [1.82, 2.24) is 0 Å². The van der Waals surface area contributed by atoms with Crippen LogP contribution in [0, 0.1) is 17.8 Å². The van der Waals surface area contributed by atoms with Crippen molar-refractivity contribution in [3.05, 3.63) is 41.3 Å². The van der Waals surface area contributed by atoms with Gasteiger partial charge in [-0.15, -0.1) is 11.3 Å². The number of esters is 2. The van der Waals surface area contributed by atoms with Crippen LogP contribution >= 0.6 is 11.3 Å². The zero-order valence-electron chi connectivity index (χ0n) is 17.6. The van der Waals surface area contributed by atoms with Gasteiger partial charge in [-0.1, -0.05) is 36.8 Å². The van der Waals surface area contributed by atoms with Crippen molar-refractivity contribution >= 4 is 34.9 Å². The molecule has 1 aromatic heterocycles. The Morgan fingerprint density at radius 2 is 1.90 bits per heavy atom. The molecule has 2 aliphatic rings. The van der Waals surface area contributed by atoms with Crippen LogP contribution < -0.4 is 5.32 Å². The number of carbonyl (C=O) groups is 3. The number of fused-ring (bicyclic) bond motifs is 2. The molecule has 1 heterocycles. The predicted octanol–water partition coefficient (Wildman–Crippen LogP) is 4.90. The molecule has 0 unspecified atom stereocenters. The molecule has 164 valence electrons. The molecule has 4 rings (SSSR count). The third-order valence-corrected chi connectivity index (χ3v) is 7.37. The lowest BCUT2D eigenvalue weighted by molar-refractivity contribution is -0.148. The molecule has 2 aromatic rings. The first-order valence-corrected chi connectivity index (χ1v) is 11.7. The van der Waals surface area contributed by atoms with Crippen LogP contribution in [0.25, 0.3) is 10.4 Å². The summed E-state index contributed by atoms with van der Waals surface area (Å²) in [5.41, 5.74) is 1.31. The minimum Gasteiger partial charge on any atom is -0.462 e. The zero-order valence-corrected chi connectivity index (χ0v) is 18.4. The number of thiophene rings is 1. The maximum absolute atomic E-state index is 12.4. The predicted molar refractivity (Wildman–Crippen MR) is 119 cm³/mol. The Kier molecular flexibility index (Phi) is 6.70. The van der Waals surface area contributed by atoms with E-state index in [0.717, 1.165) is 22.8 Å². The lowest BCUT2D eigenvalue weighted by atomic mass is 9.86. The van der Waals surface area contributed by atoms with Crippen LogP contribution in [0.2, 0.25) is 0 Å². The molecule has 0 aliphatic heterocycles. The summed E-state index contributed by atoms with van der Waals surface area (Å²) in [4.78, 5) is 38.2. The van der Waals surface area contributed by atoms with Crippen LogP contribution in [0.4, 0.5) is 5.69 Å². The SMILES string of the molecule is CCOC(=O)c1sc(-c2ccccc2)cc1NC(=O)COC(=O)C[C@@H]1C[C@@H]2CC[C@H]1C2. The molecule has 2 bridgehead atoms. The van der Waals surface area contributed by atoms with Gasteiger partial charge in [0.15, 0.2) is 6.61 Å². The number of ether oxygens (including phenoxy) is 2. The first kappa shape index (κ1) is 21.6. The van der Waals surface area contributed by atoms with Gasteiger partial charge in [0.2, 0.25) is 0 Å². The number of benzene rings is 1. The maximum atomic E-state index is 12.4. The van der Waals surface area contributed by atoms with Gasteiger partial charge in [0.05, 0.1) is 12.3 Å². The fourth-order valence-corrected chi connectivity index (χ4v) is 5.82. The second-order valence-corrected chi connectivity index (χ2v) is 9.34. The van der Waals surface area contributed by atoms with E-state index in [1.54, 1.807) is 13.0 Å². The Morgan fingerprint density at radius 3 is 2.58 bits per heavy atom. The van der Waals surface area contributed by atoms with Crippen molar-refractivity contribution in [3.8, 4) is 10.4 Å². The highest BCUT2D eigenvalue weighted by molar-refractivity contribution is 7.18. The Bertz CT molecular complexity index is 954. The van der Waals surface area contributed by atoms with Crippen molar-refractivity contribution < 1.29 is 23.9 Å². The molecule has 0 radical (unpaired) electrons. The monoisotopic (exact) mass is 441 g/mol. The first-order valence-electron chi connectivity index (χ1n) is 10.8. The number of carbonyl (C=O) groups excluding carboxylic acids is 3. The van der Waals surface area contributed by atoms with Crippen LogP contribution in [0.3, 0.4) is 0 Å². The van der Waals surface area contributed by atoms with Gasteiger partial charge in [-0.05, 0) is 55.6 Å². The Hall–Kier alpha value is -2.67. The van der Waals surface area contributed by atoms with Crippen molar-refractivity contribution in [2.24, 2.45) is 17.8 Å². The van der Waals surface area contributed by atoms with E-state index in [2.05, 4.69) is 5.32 Å². The van der Waals surface area contributed by atoms with Gasteiger partial charge < -0.3 is 14.8 Å². The first-order chi connectivity index (χ1) is 15.0. The van der Waals surface area contributed by atoms with E-state index in [9.17, 15) is 14.4 Å². The van der Waals surface area contributed by atoms with Crippen molar-refractivity contribution in [2.75, 3.05) is 18.5 Å². The molecular formula is C24H27NO5S. The molecule has 2 fully saturated rings. The molecule has 2 aliphatic carbocycles. The highest BCUT2D eigenvalue weighted by Crippen LogP contribution is 2.49. The van der Waals surface area contributed by atoms with Crippen LogP contribution in [0.15, 0.2) is 36.4 Å². The Morgan fingerprint density at radius 1 is 1.10 bits per heavy atom. The minimum atomic E-state index is -0.488. The van der Waals surface area contributed by atoms with E-state index in [4.69, 9.17) is 9.47 Å². The van der Waals surface area contributed by atoms with Gasteiger partial charge in [0.1, 0.15) is 4.88 Å². The highest BCUT2D eigenvalue weighted by atomic mass is 32.1. The highest BCUT2D eigenvalue weighted by Gasteiger charge is 2.40. The number of hydrogen-bond acceptors (Lipinski definition) is 6. The van der Waals surface area contributed by atoms with Gasteiger partial charge in [-0.25, -0.2) is 4.79 Å². The van der Waals surface area contributed by atoms with Crippen LogP contribution in [-0.2, 0) is 19.1 Å². The maximum Gasteiger partial charge on any atom is 0.350 e. The molecular weight excluding hydrogens is 414 g/mol. The van der Waals surface area contributed by atoms with Gasteiger partial charge in [0, 0.05) is 11.3 Å². The van der Waals surface area contributed by atoms with Gasteiger partial charge in [-0.3, -0.25) is 9.59 Å². The fraction of sp³-hybridized carbons (Fsp3) is 0.458. The van der Waals surface area contributed by atoms with E-state index < -0.39 is 11.9 Å². The molecule has 31 heavy (non-hydrogen) atoms. The van der Waals surface area contributed by atoms with Gasteiger partial charge in [-0.2, -0.15) is 0 Å². The smallest absolute Gasteiger partial charge is 0.350 e. The fourth-order valence-electron chi connectivity index (χ4n) is 4.81. The molecule has 6 nitrogen and oxygen atoms in total. The van der Waals surface area contributed by atoms with Crippen LogP contribution in [-0.4, -0.2) is 31.1 Å². The minimum absolute atomic E-state index is 0.241. The lowest BCUT2D eigenvalue weighted by Gasteiger charge is -2.20. The molecule has 3 atom stereocenters. The summed E-state index contributed by atoms with van der Waals surface area (Å²) in [6, 6.07) is 11.4. The second-order valence-electron chi connectivity index (χ2n) is 8.29. The third-order valence-electron chi connectivity index (χ3n) is 6.20.